The first kappa shape index (κ1) is 27.5. The molecule has 1 atom stereocenters. The van der Waals surface area contributed by atoms with E-state index in [0.29, 0.717) is 13.0 Å². The van der Waals surface area contributed by atoms with Crippen LogP contribution in [0.5, 0.6) is 0 Å². The van der Waals surface area contributed by atoms with Crippen molar-refractivity contribution in [1.29, 1.82) is 0 Å². The Balaban J connectivity index is 0.000000536. The second-order valence-electron chi connectivity index (χ2n) is 5.53. The molecule has 0 aliphatic heterocycles. The highest BCUT2D eigenvalue weighted by Gasteiger charge is 2.29. The molecule has 0 fully saturated rings. The fourth-order valence-electron chi connectivity index (χ4n) is 1.59. The van der Waals surface area contributed by atoms with Crippen molar-refractivity contribution in [3.05, 3.63) is 36.5 Å². The molecule has 0 amide bonds. The number of hydrogen-bond acceptors (Lipinski definition) is 6. The minimum atomic E-state index is -5.19. The maximum absolute atomic E-state index is 10.6. The van der Waals surface area contributed by atoms with Gasteiger partial charge in [0.1, 0.15) is 17.5 Å². The molecule has 1 aromatic carbocycles. The number of halogens is 6. The second kappa shape index (κ2) is 11.6. The zero-order valence-corrected chi connectivity index (χ0v) is 15.3. The van der Waals surface area contributed by atoms with Gasteiger partial charge in [-0.15, -0.1) is 0 Å². The van der Waals surface area contributed by atoms with Gasteiger partial charge in [0.2, 0.25) is 0 Å². The summed E-state index contributed by atoms with van der Waals surface area (Å²) in [6, 6.07) is 9.21. The monoisotopic (exact) mass is 459 g/mol. The van der Waals surface area contributed by atoms with Crippen molar-refractivity contribution in [2.24, 2.45) is 0 Å². The van der Waals surface area contributed by atoms with Crippen LogP contribution in [0.4, 0.5) is 26.3 Å². The molecule has 9 nitrogen and oxygen atoms in total. The van der Waals surface area contributed by atoms with Crippen LogP contribution in [0.3, 0.4) is 0 Å². The average Bonchev–Trinajstić information content (AvgIpc) is 2.65. The highest BCUT2D eigenvalue weighted by Crippen LogP contribution is 2.12. The van der Waals surface area contributed by atoms with Gasteiger partial charge in [-0.3, -0.25) is 0 Å². The van der Waals surface area contributed by atoms with Gasteiger partial charge in [0.05, 0.1) is 6.42 Å². The Morgan fingerprint density at radius 1 is 1.00 bits per heavy atom. The molecular formula is C16H15F6N3O6. The van der Waals surface area contributed by atoms with Crippen molar-refractivity contribution < 1.29 is 66.5 Å². The van der Waals surface area contributed by atoms with E-state index in [4.69, 9.17) is 24.9 Å². The summed E-state index contributed by atoms with van der Waals surface area (Å²) in [6.45, 7) is 0.561. The third-order valence-electron chi connectivity index (χ3n) is 3.12. The number of nitrogens with zero attached hydrogens (tertiary/aromatic N) is 2. The Hall–Kier alpha value is -3.49. The topological polar surface area (TPSA) is 162 Å². The van der Waals surface area contributed by atoms with Gasteiger partial charge >= 0.3 is 18.3 Å². The number of aryl methyl sites for hydroxylation is 1. The molecule has 2 rings (SSSR count). The van der Waals surface area contributed by atoms with Crippen LogP contribution in [0.2, 0.25) is 0 Å². The van der Waals surface area contributed by atoms with Crippen LogP contribution in [-0.4, -0.2) is 46.5 Å². The van der Waals surface area contributed by atoms with E-state index in [0.717, 1.165) is 10.9 Å². The normalized spacial score (nSPS) is 12.0. The van der Waals surface area contributed by atoms with Gasteiger partial charge < -0.3 is 30.6 Å². The van der Waals surface area contributed by atoms with Crippen LogP contribution in [0.25, 0.3) is 10.9 Å². The fourth-order valence-corrected chi connectivity index (χ4v) is 1.59. The molecule has 0 unspecified atom stereocenters. The number of carboxylic acid groups (broad SMARTS) is 3. The molecule has 31 heavy (non-hydrogen) atoms. The lowest BCUT2D eigenvalue weighted by Gasteiger charge is -2.03. The van der Waals surface area contributed by atoms with Crippen molar-refractivity contribution in [3.8, 4) is 0 Å². The van der Waals surface area contributed by atoms with E-state index in [1.807, 2.05) is 36.5 Å². The average molecular weight is 459 g/mol. The van der Waals surface area contributed by atoms with Crippen molar-refractivity contribution in [1.82, 2.24) is 5.10 Å². The summed E-state index contributed by atoms with van der Waals surface area (Å²) in [5.41, 5.74) is 4.48. The molecule has 0 bridgehead atoms. The van der Waals surface area contributed by atoms with Crippen molar-refractivity contribution in [2.75, 3.05) is 0 Å². The zero-order valence-electron chi connectivity index (χ0n) is 15.3. The standard InChI is InChI=1S/C12H13N3O2.2C2HF3O2/c13-10(12(16)17)6-8-15-7-5-9-3-1-2-4-11(9)14-15;2*3-2(4,5)1(6)7/h1-5,7,10H,6,8,13H2;2*(H,6,7)/t10-;;/m1../s1. The van der Waals surface area contributed by atoms with E-state index in [1.165, 1.54) is 0 Å². The minimum absolute atomic E-state index is 0.478. The largest absolute Gasteiger partial charge is 0.542 e. The first-order valence-corrected chi connectivity index (χ1v) is 7.93. The van der Waals surface area contributed by atoms with Gasteiger partial charge in [0, 0.05) is 16.6 Å². The van der Waals surface area contributed by atoms with Gasteiger partial charge in [-0.25, -0.2) is 4.79 Å². The molecule has 0 saturated carbocycles. The lowest BCUT2D eigenvalue weighted by molar-refractivity contribution is -0.754. The van der Waals surface area contributed by atoms with Crippen LogP contribution < -0.4 is 20.6 Å². The third kappa shape index (κ3) is 11.3. The fraction of sp³-hybridized carbons (Fsp3) is 0.312. The predicted molar refractivity (Wildman–Crippen MR) is 83.0 cm³/mol. The molecule has 0 spiro atoms. The number of aromatic nitrogens is 2. The molecule has 0 radical (unpaired) electrons. The van der Waals surface area contributed by atoms with Gasteiger partial charge in [-0.05, 0) is 6.07 Å². The van der Waals surface area contributed by atoms with Crippen molar-refractivity contribution in [2.45, 2.75) is 31.4 Å². The number of rotatable bonds is 4. The van der Waals surface area contributed by atoms with E-state index in [9.17, 15) is 31.1 Å². The highest BCUT2D eigenvalue weighted by atomic mass is 19.4. The number of aliphatic carboxylic acids is 3. The molecule has 0 saturated heterocycles. The molecule has 2 aromatic rings. The SMILES string of the molecule is O=C([O-])C(F)(F)F.O=C([O-])C(F)(F)F.[NH3+][C@H](CC[n+]1ccc2ccccc2n1)C(=O)O. The Labute approximate surface area is 169 Å². The van der Waals surface area contributed by atoms with E-state index in [-0.39, 0.29) is 0 Å². The first-order chi connectivity index (χ1) is 14.1. The smallest absolute Gasteiger partial charge is 0.430 e. The number of fused-ring (bicyclic) bond motifs is 1. The molecule has 1 heterocycles. The van der Waals surface area contributed by atoms with E-state index < -0.39 is 36.3 Å². The molecule has 4 N–H and O–H groups in total. The molecule has 15 heteroatoms. The van der Waals surface area contributed by atoms with Crippen LogP contribution in [-0.2, 0) is 20.9 Å². The Kier molecular flexibility index (Phi) is 10.3. The van der Waals surface area contributed by atoms with Crippen molar-refractivity contribution >= 4 is 28.8 Å². The van der Waals surface area contributed by atoms with Crippen LogP contribution in [0.1, 0.15) is 6.42 Å². The van der Waals surface area contributed by atoms with Gasteiger partial charge in [0.15, 0.2) is 18.8 Å². The van der Waals surface area contributed by atoms with Crippen molar-refractivity contribution in [3.63, 3.8) is 0 Å². The maximum Gasteiger partial charge on any atom is 0.430 e. The lowest BCUT2D eigenvalue weighted by atomic mass is 10.2. The molecule has 0 aliphatic rings. The summed E-state index contributed by atoms with van der Waals surface area (Å²) in [4.78, 5) is 28.2. The second-order valence-corrected chi connectivity index (χ2v) is 5.53. The van der Waals surface area contributed by atoms with Gasteiger partial charge in [-0.2, -0.15) is 26.3 Å². The minimum Gasteiger partial charge on any atom is -0.542 e. The number of carbonyl (C=O) groups excluding carboxylic acids is 2. The van der Waals surface area contributed by atoms with Gasteiger partial charge in [-0.1, -0.05) is 22.9 Å². The van der Waals surface area contributed by atoms with E-state index >= 15 is 0 Å². The third-order valence-corrected chi connectivity index (χ3v) is 3.12. The molecule has 172 valence electrons. The maximum atomic E-state index is 10.6. The summed E-state index contributed by atoms with van der Waals surface area (Å²) in [6.07, 6.45) is -8.05. The first-order valence-electron chi connectivity index (χ1n) is 7.93. The number of alkyl halides is 6. The van der Waals surface area contributed by atoms with Crippen LogP contribution >= 0.6 is 0 Å². The summed E-state index contributed by atoms with van der Waals surface area (Å²) in [7, 11) is 0. The van der Waals surface area contributed by atoms with Crippen LogP contribution in [0.15, 0.2) is 36.5 Å². The highest BCUT2D eigenvalue weighted by molar-refractivity contribution is 5.76. The summed E-state index contributed by atoms with van der Waals surface area (Å²) < 4.78 is 64.9. The Morgan fingerprint density at radius 3 is 1.87 bits per heavy atom. The number of carboxylic acids is 3. The quantitative estimate of drug-likeness (QED) is 0.403. The summed E-state index contributed by atoms with van der Waals surface area (Å²) >= 11 is 0. The number of quaternary nitrogens is 1. The summed E-state index contributed by atoms with van der Waals surface area (Å²) in [5.74, 6) is -6.88. The lowest BCUT2D eigenvalue weighted by Crippen LogP contribution is -2.66. The van der Waals surface area contributed by atoms with Gasteiger partial charge in [0.25, 0.3) is 0 Å². The Morgan fingerprint density at radius 2 is 1.45 bits per heavy atom. The zero-order chi connectivity index (χ0) is 24.4. The van der Waals surface area contributed by atoms with E-state index in [2.05, 4.69) is 10.8 Å². The van der Waals surface area contributed by atoms with Crippen LogP contribution in [0, 0.1) is 0 Å². The number of carbonyl (C=O) groups is 3. The predicted octanol–water partition coefficient (Wildman–Crippen LogP) is -1.80. The number of hydrogen-bond donors (Lipinski definition) is 2. The Bertz CT molecular complexity index is 879. The molecular weight excluding hydrogens is 444 g/mol. The molecule has 0 aliphatic carbocycles. The molecule has 1 aromatic heterocycles. The van der Waals surface area contributed by atoms with E-state index in [1.54, 1.807) is 4.68 Å². The summed E-state index contributed by atoms with van der Waals surface area (Å²) in [5, 5.41) is 31.8. The number of benzene rings is 1.